The molecule has 1 aromatic heterocycles. The number of fused-ring (bicyclic) bond motifs is 2. The maximum atomic E-state index is 13.6. The molecule has 2 aliphatic heterocycles. The number of carbonyl (C=O) groups excluding carboxylic acids is 1. The quantitative estimate of drug-likeness (QED) is 0.732. The van der Waals surface area contributed by atoms with E-state index in [1.165, 1.54) is 11.4 Å². The summed E-state index contributed by atoms with van der Waals surface area (Å²) in [7, 11) is -2.31. The third-order valence-corrected chi connectivity index (χ3v) is 7.48. The molecule has 2 aromatic rings. The van der Waals surface area contributed by atoms with Crippen LogP contribution in [0.3, 0.4) is 0 Å². The Morgan fingerprint density at radius 1 is 1.20 bits per heavy atom. The molecule has 8 nitrogen and oxygen atoms in total. The first-order valence-corrected chi connectivity index (χ1v) is 11.4. The lowest BCUT2D eigenvalue weighted by molar-refractivity contribution is -0.135. The summed E-state index contributed by atoms with van der Waals surface area (Å²) in [6, 6.07) is 10.00. The van der Waals surface area contributed by atoms with Crippen molar-refractivity contribution in [1.82, 2.24) is 14.2 Å². The van der Waals surface area contributed by atoms with Gasteiger partial charge in [0.2, 0.25) is 15.9 Å². The number of nitrogens with zero attached hydrogens (tertiary/aromatic N) is 3. The number of hydrogen-bond donors (Lipinski definition) is 0. The van der Waals surface area contributed by atoms with Gasteiger partial charge in [-0.15, -0.1) is 0 Å². The molecule has 160 valence electrons. The molecule has 0 aliphatic carbocycles. The predicted molar refractivity (Wildman–Crippen MR) is 109 cm³/mol. The van der Waals surface area contributed by atoms with E-state index in [1.807, 2.05) is 6.07 Å². The maximum absolute atomic E-state index is 13.6. The third kappa shape index (κ3) is 4.05. The second-order valence-electron chi connectivity index (χ2n) is 7.47. The maximum Gasteiger partial charge on any atom is 0.248 e. The van der Waals surface area contributed by atoms with E-state index in [2.05, 4.69) is 4.98 Å². The summed E-state index contributed by atoms with van der Waals surface area (Å²) in [6.45, 7) is 1.15. The zero-order valence-corrected chi connectivity index (χ0v) is 17.6. The Hall–Kier alpha value is -2.49. The standard InChI is InChI=1S/C21H25N3O5S/c1-28-15-21(25)23-11-8-17-18(9-12-23)29-19-6-2-3-7-20(19)30(26,27)24(17)14-16-5-4-10-22-13-16/h2-7,10,13,17-18H,8-9,11-12,14-15H2,1H3/t17-,18-/m0/s1. The van der Waals surface area contributed by atoms with Crippen LogP contribution in [0.25, 0.3) is 0 Å². The normalized spacial score (nSPS) is 23.4. The predicted octanol–water partition coefficient (Wildman–Crippen LogP) is 1.67. The third-order valence-electron chi connectivity index (χ3n) is 5.57. The molecule has 1 aromatic carbocycles. The molecule has 30 heavy (non-hydrogen) atoms. The van der Waals surface area contributed by atoms with Crippen LogP contribution in [0.4, 0.5) is 0 Å². The molecule has 0 saturated carbocycles. The van der Waals surface area contributed by atoms with Gasteiger partial charge in [0.25, 0.3) is 0 Å². The van der Waals surface area contributed by atoms with Crippen LogP contribution in [-0.4, -0.2) is 67.5 Å². The number of para-hydroxylation sites is 1. The van der Waals surface area contributed by atoms with E-state index in [0.717, 1.165) is 5.56 Å². The van der Waals surface area contributed by atoms with Crippen molar-refractivity contribution in [3.8, 4) is 5.75 Å². The number of ether oxygens (including phenoxy) is 2. The Bertz CT molecular complexity index is 999. The van der Waals surface area contributed by atoms with Gasteiger partial charge < -0.3 is 14.4 Å². The number of hydrogen-bond acceptors (Lipinski definition) is 6. The summed E-state index contributed by atoms with van der Waals surface area (Å²) in [5.41, 5.74) is 0.802. The van der Waals surface area contributed by atoms with Gasteiger partial charge in [0, 0.05) is 45.6 Å². The molecule has 3 heterocycles. The summed E-state index contributed by atoms with van der Waals surface area (Å²) in [6.07, 6.45) is 3.99. The fourth-order valence-electron chi connectivity index (χ4n) is 4.09. The number of benzene rings is 1. The Morgan fingerprint density at radius 2 is 2.00 bits per heavy atom. The van der Waals surface area contributed by atoms with Crippen LogP contribution in [0.15, 0.2) is 53.7 Å². The molecule has 2 aliphatic rings. The van der Waals surface area contributed by atoms with E-state index >= 15 is 0 Å². The average molecular weight is 432 g/mol. The minimum absolute atomic E-state index is 0.0106. The Balaban J connectivity index is 1.72. The van der Waals surface area contributed by atoms with Gasteiger partial charge in [-0.1, -0.05) is 18.2 Å². The highest BCUT2D eigenvalue weighted by atomic mass is 32.2. The number of methoxy groups -OCH3 is 1. The van der Waals surface area contributed by atoms with Crippen molar-refractivity contribution in [2.75, 3.05) is 26.8 Å². The second kappa shape index (κ2) is 8.71. The first kappa shape index (κ1) is 20.8. The monoisotopic (exact) mass is 431 g/mol. The Kier molecular flexibility index (Phi) is 6.03. The number of sulfonamides is 1. The van der Waals surface area contributed by atoms with Gasteiger partial charge in [-0.3, -0.25) is 9.78 Å². The molecular formula is C21H25N3O5S. The van der Waals surface area contributed by atoms with Gasteiger partial charge in [0.05, 0.1) is 6.04 Å². The van der Waals surface area contributed by atoms with Crippen LogP contribution in [0.2, 0.25) is 0 Å². The van der Waals surface area contributed by atoms with Crippen LogP contribution in [-0.2, 0) is 26.1 Å². The molecule has 0 N–H and O–H groups in total. The van der Waals surface area contributed by atoms with E-state index in [9.17, 15) is 13.2 Å². The SMILES string of the molecule is COCC(=O)N1CC[C@@H]2Oc3ccccc3S(=O)(=O)N(Cc3cccnc3)[C@H]2CC1. The van der Waals surface area contributed by atoms with Crippen LogP contribution in [0.5, 0.6) is 5.75 Å². The van der Waals surface area contributed by atoms with Crippen molar-refractivity contribution >= 4 is 15.9 Å². The van der Waals surface area contributed by atoms with E-state index in [-0.39, 0.29) is 30.1 Å². The number of likely N-dealkylation sites (tertiary alicyclic amines) is 1. The second-order valence-corrected chi connectivity index (χ2v) is 9.33. The van der Waals surface area contributed by atoms with Crippen LogP contribution in [0, 0.1) is 0 Å². The first-order chi connectivity index (χ1) is 14.5. The molecule has 0 spiro atoms. The molecule has 9 heteroatoms. The molecule has 0 radical (unpaired) electrons. The van der Waals surface area contributed by atoms with Gasteiger partial charge in [0.15, 0.2) is 0 Å². The van der Waals surface area contributed by atoms with Crippen molar-refractivity contribution in [3.05, 3.63) is 54.4 Å². The molecule has 1 amide bonds. The summed E-state index contributed by atoms with van der Waals surface area (Å²) >= 11 is 0. The smallest absolute Gasteiger partial charge is 0.248 e. The fourth-order valence-corrected chi connectivity index (χ4v) is 5.88. The average Bonchev–Trinajstić information content (AvgIpc) is 2.99. The number of rotatable bonds is 4. The Labute approximate surface area is 176 Å². The van der Waals surface area contributed by atoms with E-state index in [1.54, 1.807) is 47.6 Å². The molecule has 2 atom stereocenters. The fraction of sp³-hybridized carbons (Fsp3) is 0.429. The number of carbonyl (C=O) groups is 1. The van der Waals surface area contributed by atoms with Crippen molar-refractivity contribution in [1.29, 1.82) is 0 Å². The van der Waals surface area contributed by atoms with Gasteiger partial charge in [-0.25, -0.2) is 8.42 Å². The largest absolute Gasteiger partial charge is 0.487 e. The van der Waals surface area contributed by atoms with Gasteiger partial charge in [0.1, 0.15) is 23.4 Å². The Morgan fingerprint density at radius 3 is 2.77 bits per heavy atom. The zero-order chi connectivity index (χ0) is 21.1. The van der Waals surface area contributed by atoms with Crippen LogP contribution in [0.1, 0.15) is 18.4 Å². The van der Waals surface area contributed by atoms with Crippen molar-refractivity contribution < 1.29 is 22.7 Å². The first-order valence-electron chi connectivity index (χ1n) is 9.94. The molecular weight excluding hydrogens is 406 g/mol. The molecule has 1 saturated heterocycles. The van der Waals surface area contributed by atoms with Crippen molar-refractivity contribution in [2.24, 2.45) is 0 Å². The van der Waals surface area contributed by atoms with Crippen LogP contribution >= 0.6 is 0 Å². The van der Waals surface area contributed by atoms with E-state index in [4.69, 9.17) is 9.47 Å². The van der Waals surface area contributed by atoms with Crippen LogP contribution < -0.4 is 4.74 Å². The minimum Gasteiger partial charge on any atom is -0.487 e. The number of pyridine rings is 1. The van der Waals surface area contributed by atoms with Crippen molar-refractivity contribution in [2.45, 2.75) is 36.4 Å². The summed E-state index contributed by atoms with van der Waals surface area (Å²) in [5, 5.41) is 0. The summed E-state index contributed by atoms with van der Waals surface area (Å²) < 4.78 is 40.0. The number of amides is 1. The van der Waals surface area contributed by atoms with E-state index in [0.29, 0.717) is 31.7 Å². The minimum atomic E-state index is -3.80. The summed E-state index contributed by atoms with van der Waals surface area (Å²) in [4.78, 5) is 18.4. The molecule has 4 rings (SSSR count). The van der Waals surface area contributed by atoms with Gasteiger partial charge >= 0.3 is 0 Å². The molecule has 0 unspecified atom stereocenters. The highest BCUT2D eigenvalue weighted by molar-refractivity contribution is 7.89. The number of aromatic nitrogens is 1. The highest BCUT2D eigenvalue weighted by Crippen LogP contribution is 2.37. The summed E-state index contributed by atoms with van der Waals surface area (Å²) in [5.74, 6) is 0.258. The van der Waals surface area contributed by atoms with E-state index < -0.39 is 16.1 Å². The van der Waals surface area contributed by atoms with Gasteiger partial charge in [-0.2, -0.15) is 4.31 Å². The zero-order valence-electron chi connectivity index (χ0n) is 16.8. The highest BCUT2D eigenvalue weighted by Gasteiger charge is 2.43. The van der Waals surface area contributed by atoms with Crippen molar-refractivity contribution in [3.63, 3.8) is 0 Å². The molecule has 0 bridgehead atoms. The lowest BCUT2D eigenvalue weighted by Crippen LogP contribution is -2.46. The lowest BCUT2D eigenvalue weighted by Gasteiger charge is -2.31. The topological polar surface area (TPSA) is 89.0 Å². The van der Waals surface area contributed by atoms with Gasteiger partial charge in [-0.05, 0) is 30.2 Å². The lowest BCUT2D eigenvalue weighted by atomic mass is 10.1. The molecule has 1 fully saturated rings.